The summed E-state index contributed by atoms with van der Waals surface area (Å²) in [4.78, 5) is 4.18. The molecule has 0 bridgehead atoms. The lowest BCUT2D eigenvalue weighted by atomic mass is 10.2. The standard InChI is InChI=1S/C11H13ClN4/c1-8-2-3-9(12)6-10(8)16-7-14-11(15-16)4-5-13/h2-3,6-7H,4-5,13H2,1H3. The van der Waals surface area contributed by atoms with Crippen LogP contribution in [0.25, 0.3) is 5.69 Å². The Morgan fingerprint density at radius 3 is 3.00 bits per heavy atom. The summed E-state index contributed by atoms with van der Waals surface area (Å²) in [5, 5.41) is 5.03. The van der Waals surface area contributed by atoms with E-state index >= 15 is 0 Å². The van der Waals surface area contributed by atoms with Gasteiger partial charge in [-0.3, -0.25) is 0 Å². The molecule has 0 atom stereocenters. The first-order valence-electron chi connectivity index (χ1n) is 5.08. The summed E-state index contributed by atoms with van der Waals surface area (Å²) in [5.74, 6) is 0.752. The Morgan fingerprint density at radius 1 is 1.44 bits per heavy atom. The van der Waals surface area contributed by atoms with Crippen molar-refractivity contribution in [3.8, 4) is 5.69 Å². The molecule has 1 heterocycles. The van der Waals surface area contributed by atoms with Gasteiger partial charge in [-0.1, -0.05) is 17.7 Å². The fraction of sp³-hybridized carbons (Fsp3) is 0.273. The molecule has 4 nitrogen and oxygen atoms in total. The number of hydrogen-bond donors (Lipinski definition) is 1. The average molecular weight is 237 g/mol. The predicted octanol–water partition coefficient (Wildman–Crippen LogP) is 1.73. The zero-order chi connectivity index (χ0) is 11.5. The molecule has 0 aliphatic rings. The molecule has 0 radical (unpaired) electrons. The molecule has 16 heavy (non-hydrogen) atoms. The van der Waals surface area contributed by atoms with Gasteiger partial charge in [0.05, 0.1) is 5.69 Å². The predicted molar refractivity (Wildman–Crippen MR) is 63.9 cm³/mol. The van der Waals surface area contributed by atoms with Gasteiger partial charge in [0.25, 0.3) is 0 Å². The molecule has 0 fully saturated rings. The molecular formula is C11H13ClN4. The molecular weight excluding hydrogens is 224 g/mol. The molecule has 0 saturated carbocycles. The molecule has 0 aliphatic carbocycles. The second kappa shape index (κ2) is 4.63. The van der Waals surface area contributed by atoms with Crippen molar-refractivity contribution < 1.29 is 0 Å². The van der Waals surface area contributed by atoms with Crippen LogP contribution >= 0.6 is 11.6 Å². The van der Waals surface area contributed by atoms with E-state index in [2.05, 4.69) is 10.1 Å². The molecule has 0 unspecified atom stereocenters. The highest BCUT2D eigenvalue weighted by Crippen LogP contribution is 2.18. The first kappa shape index (κ1) is 11.1. The number of hydrogen-bond acceptors (Lipinski definition) is 3. The molecule has 2 aromatic rings. The molecule has 1 aromatic carbocycles. The van der Waals surface area contributed by atoms with Gasteiger partial charge in [0.2, 0.25) is 0 Å². The maximum absolute atomic E-state index is 5.95. The zero-order valence-electron chi connectivity index (χ0n) is 9.02. The molecule has 1 aromatic heterocycles. The van der Waals surface area contributed by atoms with Crippen molar-refractivity contribution in [2.75, 3.05) is 6.54 Å². The van der Waals surface area contributed by atoms with Crippen LogP contribution in [0, 0.1) is 6.92 Å². The highest BCUT2D eigenvalue weighted by atomic mass is 35.5. The summed E-state index contributed by atoms with van der Waals surface area (Å²) in [6.45, 7) is 2.56. The third-order valence-electron chi connectivity index (χ3n) is 2.33. The van der Waals surface area contributed by atoms with E-state index in [0.29, 0.717) is 18.0 Å². The number of aromatic nitrogens is 3. The van der Waals surface area contributed by atoms with Crippen LogP contribution in [0.15, 0.2) is 24.5 Å². The van der Waals surface area contributed by atoms with Gasteiger partial charge < -0.3 is 5.73 Å². The van der Waals surface area contributed by atoms with Crippen LogP contribution in [0.4, 0.5) is 0 Å². The fourth-order valence-corrected chi connectivity index (χ4v) is 1.65. The van der Waals surface area contributed by atoms with Crippen molar-refractivity contribution >= 4 is 11.6 Å². The second-order valence-corrected chi connectivity index (χ2v) is 4.01. The summed E-state index contributed by atoms with van der Waals surface area (Å²) in [5.41, 5.74) is 7.50. The van der Waals surface area contributed by atoms with Crippen molar-refractivity contribution in [1.82, 2.24) is 14.8 Å². The second-order valence-electron chi connectivity index (χ2n) is 3.57. The van der Waals surface area contributed by atoms with Crippen LogP contribution in [0.5, 0.6) is 0 Å². The molecule has 0 spiro atoms. The van der Waals surface area contributed by atoms with E-state index < -0.39 is 0 Å². The minimum Gasteiger partial charge on any atom is -0.330 e. The number of rotatable bonds is 3. The topological polar surface area (TPSA) is 56.7 Å². The van der Waals surface area contributed by atoms with Gasteiger partial charge in [0, 0.05) is 11.4 Å². The van der Waals surface area contributed by atoms with E-state index in [9.17, 15) is 0 Å². The Labute approximate surface area is 99.1 Å². The Bertz CT molecular complexity index is 492. The molecule has 0 aliphatic heterocycles. The summed E-state index contributed by atoms with van der Waals surface area (Å²) in [6, 6.07) is 5.69. The van der Waals surface area contributed by atoms with Crippen LogP contribution in [-0.2, 0) is 6.42 Å². The van der Waals surface area contributed by atoms with E-state index in [0.717, 1.165) is 17.1 Å². The highest BCUT2D eigenvalue weighted by Gasteiger charge is 2.05. The largest absolute Gasteiger partial charge is 0.330 e. The number of nitrogens with two attached hydrogens (primary N) is 1. The number of halogens is 1. The van der Waals surface area contributed by atoms with Gasteiger partial charge in [0.1, 0.15) is 6.33 Å². The third kappa shape index (κ3) is 2.23. The van der Waals surface area contributed by atoms with Gasteiger partial charge in [-0.25, -0.2) is 9.67 Å². The average Bonchev–Trinajstić information content (AvgIpc) is 2.71. The lowest BCUT2D eigenvalue weighted by Crippen LogP contribution is -2.05. The van der Waals surface area contributed by atoms with Crippen LogP contribution in [0.3, 0.4) is 0 Å². The monoisotopic (exact) mass is 236 g/mol. The van der Waals surface area contributed by atoms with E-state index in [-0.39, 0.29) is 0 Å². The van der Waals surface area contributed by atoms with Gasteiger partial charge >= 0.3 is 0 Å². The first-order valence-corrected chi connectivity index (χ1v) is 5.45. The van der Waals surface area contributed by atoms with Gasteiger partial charge in [-0.05, 0) is 31.2 Å². The number of benzene rings is 1. The lowest BCUT2D eigenvalue weighted by Gasteiger charge is -2.04. The van der Waals surface area contributed by atoms with Crippen molar-refractivity contribution in [3.05, 3.63) is 40.9 Å². The molecule has 84 valence electrons. The Hall–Kier alpha value is -1.39. The molecule has 0 saturated heterocycles. The van der Waals surface area contributed by atoms with Crippen molar-refractivity contribution in [2.45, 2.75) is 13.3 Å². The van der Waals surface area contributed by atoms with Crippen LogP contribution in [0.1, 0.15) is 11.4 Å². The Balaban J connectivity index is 2.38. The Morgan fingerprint density at radius 2 is 2.25 bits per heavy atom. The first-order chi connectivity index (χ1) is 7.70. The summed E-state index contributed by atoms with van der Waals surface area (Å²) in [6.07, 6.45) is 2.37. The third-order valence-corrected chi connectivity index (χ3v) is 2.56. The number of nitrogens with zero attached hydrogens (tertiary/aromatic N) is 3. The van der Waals surface area contributed by atoms with Gasteiger partial charge in [-0.15, -0.1) is 0 Å². The van der Waals surface area contributed by atoms with Crippen molar-refractivity contribution in [3.63, 3.8) is 0 Å². The Kier molecular flexibility index (Phi) is 3.22. The smallest absolute Gasteiger partial charge is 0.152 e. The van der Waals surface area contributed by atoms with E-state index in [1.54, 1.807) is 11.0 Å². The van der Waals surface area contributed by atoms with Crippen LogP contribution < -0.4 is 5.73 Å². The van der Waals surface area contributed by atoms with Crippen LogP contribution in [0.2, 0.25) is 5.02 Å². The molecule has 0 amide bonds. The summed E-state index contributed by atoms with van der Waals surface area (Å²) in [7, 11) is 0. The normalized spacial score (nSPS) is 10.7. The zero-order valence-corrected chi connectivity index (χ0v) is 9.78. The molecule has 5 heteroatoms. The van der Waals surface area contributed by atoms with E-state index in [1.807, 2.05) is 25.1 Å². The van der Waals surface area contributed by atoms with E-state index in [1.165, 1.54) is 0 Å². The quantitative estimate of drug-likeness (QED) is 0.883. The number of aryl methyl sites for hydroxylation is 1. The molecule has 2 rings (SSSR count). The maximum Gasteiger partial charge on any atom is 0.152 e. The SMILES string of the molecule is Cc1ccc(Cl)cc1-n1cnc(CCN)n1. The van der Waals surface area contributed by atoms with E-state index in [4.69, 9.17) is 17.3 Å². The van der Waals surface area contributed by atoms with Crippen molar-refractivity contribution in [2.24, 2.45) is 5.73 Å². The van der Waals surface area contributed by atoms with Gasteiger partial charge in [-0.2, -0.15) is 5.10 Å². The van der Waals surface area contributed by atoms with Crippen molar-refractivity contribution in [1.29, 1.82) is 0 Å². The van der Waals surface area contributed by atoms with Crippen LogP contribution in [-0.4, -0.2) is 21.3 Å². The lowest BCUT2D eigenvalue weighted by molar-refractivity contribution is 0.813. The summed E-state index contributed by atoms with van der Waals surface area (Å²) < 4.78 is 1.73. The maximum atomic E-state index is 5.95. The highest BCUT2D eigenvalue weighted by molar-refractivity contribution is 6.30. The van der Waals surface area contributed by atoms with Gasteiger partial charge in [0.15, 0.2) is 5.82 Å². The molecule has 2 N–H and O–H groups in total. The fourth-order valence-electron chi connectivity index (χ4n) is 1.49. The minimum atomic E-state index is 0.554. The minimum absolute atomic E-state index is 0.554. The summed E-state index contributed by atoms with van der Waals surface area (Å²) >= 11 is 5.95.